The van der Waals surface area contributed by atoms with Gasteiger partial charge in [0.2, 0.25) is 11.8 Å². The van der Waals surface area contributed by atoms with Gasteiger partial charge in [-0.1, -0.05) is 0 Å². The average molecular weight is 399 g/mol. The summed E-state index contributed by atoms with van der Waals surface area (Å²) in [4.78, 5) is 49.7. The molecule has 0 bridgehead atoms. The van der Waals surface area contributed by atoms with Gasteiger partial charge >= 0.3 is 0 Å². The van der Waals surface area contributed by atoms with Crippen LogP contribution < -0.4 is 10.6 Å². The van der Waals surface area contributed by atoms with E-state index in [2.05, 4.69) is 20.8 Å². The van der Waals surface area contributed by atoms with Crippen molar-refractivity contribution < 1.29 is 23.6 Å². The average Bonchev–Trinajstić information content (AvgIpc) is 3.11. The molecule has 2 aliphatic heterocycles. The number of nitrogens with one attached hydrogen (secondary N) is 3. The van der Waals surface area contributed by atoms with Crippen molar-refractivity contribution in [3.8, 4) is 0 Å². The number of rotatable bonds is 4. The molecule has 4 amide bonds. The number of aromatic nitrogens is 2. The molecule has 3 heterocycles. The fourth-order valence-electron chi connectivity index (χ4n) is 3.64. The first kappa shape index (κ1) is 18.8. The molecule has 4 rings (SSSR count). The number of halogens is 1. The number of benzene rings is 1. The number of amides is 4. The van der Waals surface area contributed by atoms with Gasteiger partial charge < -0.3 is 5.32 Å². The Hall–Kier alpha value is -3.56. The summed E-state index contributed by atoms with van der Waals surface area (Å²) in [5, 5.41) is 12.0. The van der Waals surface area contributed by atoms with Crippen LogP contribution in [-0.4, -0.2) is 44.8 Å². The molecule has 29 heavy (non-hydrogen) atoms. The number of fused-ring (bicyclic) bond motifs is 1. The highest BCUT2D eigenvalue weighted by Gasteiger charge is 2.45. The summed E-state index contributed by atoms with van der Waals surface area (Å²) in [6.07, 6.45) is 0.0666. The number of H-pyrrole nitrogens is 1. The van der Waals surface area contributed by atoms with Gasteiger partial charge in [-0.15, -0.1) is 0 Å². The SMILES string of the molecule is Cc1n[nH]c(C)c1CNc1cc2c(cc1F)C(=O)N(C1CCC(=O)NC1=O)C2=O. The molecule has 150 valence electrons. The first-order valence-electron chi connectivity index (χ1n) is 9.07. The molecule has 0 aliphatic carbocycles. The van der Waals surface area contributed by atoms with E-state index in [4.69, 9.17) is 0 Å². The van der Waals surface area contributed by atoms with E-state index in [0.717, 1.165) is 27.9 Å². The van der Waals surface area contributed by atoms with Gasteiger partial charge in [-0.3, -0.25) is 34.5 Å². The van der Waals surface area contributed by atoms with Crippen LogP contribution in [0.2, 0.25) is 0 Å². The van der Waals surface area contributed by atoms with Crippen LogP contribution in [0.4, 0.5) is 10.1 Å². The number of hydrogen-bond donors (Lipinski definition) is 3. The Balaban J connectivity index is 1.61. The standard InChI is InChI=1S/C19H18FN5O4/c1-8-12(9(2)24-23-8)7-21-14-6-11-10(5-13(14)20)18(28)25(19(11)29)15-3-4-16(26)22-17(15)27/h5-6,15,21H,3-4,7H2,1-2H3,(H,23,24)(H,22,26,27). The molecule has 9 nitrogen and oxygen atoms in total. The Morgan fingerprint density at radius 1 is 1.17 bits per heavy atom. The molecule has 1 saturated heterocycles. The van der Waals surface area contributed by atoms with Gasteiger partial charge in [-0.05, 0) is 32.4 Å². The molecule has 1 unspecified atom stereocenters. The summed E-state index contributed by atoms with van der Waals surface area (Å²) in [5.74, 6) is -3.27. The van der Waals surface area contributed by atoms with Crippen LogP contribution in [0.1, 0.15) is 50.5 Å². The van der Waals surface area contributed by atoms with Gasteiger partial charge in [-0.25, -0.2) is 4.39 Å². The van der Waals surface area contributed by atoms with E-state index in [-0.39, 0.29) is 36.2 Å². The summed E-state index contributed by atoms with van der Waals surface area (Å²) in [5.41, 5.74) is 2.47. The van der Waals surface area contributed by atoms with Gasteiger partial charge in [0.1, 0.15) is 11.9 Å². The number of aryl methyl sites for hydroxylation is 2. The first-order chi connectivity index (χ1) is 13.8. The maximum absolute atomic E-state index is 14.6. The quantitative estimate of drug-likeness (QED) is 0.663. The summed E-state index contributed by atoms with van der Waals surface area (Å²) < 4.78 is 14.6. The smallest absolute Gasteiger partial charge is 0.262 e. The lowest BCUT2D eigenvalue weighted by molar-refractivity contribution is -0.136. The Labute approximate surface area is 164 Å². The molecular weight excluding hydrogens is 381 g/mol. The molecule has 1 aromatic heterocycles. The molecule has 1 aromatic carbocycles. The van der Waals surface area contributed by atoms with Crippen LogP contribution in [0.15, 0.2) is 12.1 Å². The zero-order chi connectivity index (χ0) is 20.9. The molecule has 0 radical (unpaired) electrons. The Morgan fingerprint density at radius 3 is 2.48 bits per heavy atom. The summed E-state index contributed by atoms with van der Waals surface area (Å²) in [6, 6.07) is 1.19. The number of imide groups is 2. The third-order valence-corrected chi connectivity index (χ3v) is 5.26. The van der Waals surface area contributed by atoms with Crippen LogP contribution in [0.25, 0.3) is 0 Å². The van der Waals surface area contributed by atoms with Gasteiger partial charge in [0.25, 0.3) is 11.8 Å². The second-order valence-corrected chi connectivity index (χ2v) is 7.09. The fourth-order valence-corrected chi connectivity index (χ4v) is 3.64. The molecule has 3 N–H and O–H groups in total. The van der Waals surface area contributed by atoms with Crippen LogP contribution in [0.5, 0.6) is 0 Å². The van der Waals surface area contributed by atoms with E-state index >= 15 is 0 Å². The van der Waals surface area contributed by atoms with Crippen LogP contribution in [-0.2, 0) is 16.1 Å². The number of carbonyl (C=O) groups is 4. The van der Waals surface area contributed by atoms with E-state index in [9.17, 15) is 23.6 Å². The van der Waals surface area contributed by atoms with Gasteiger partial charge in [0.05, 0.1) is 22.5 Å². The molecule has 1 fully saturated rings. The van der Waals surface area contributed by atoms with Gasteiger partial charge in [-0.2, -0.15) is 5.10 Å². The zero-order valence-electron chi connectivity index (χ0n) is 15.8. The number of hydrogen-bond acceptors (Lipinski definition) is 6. The molecule has 2 aliphatic rings. The zero-order valence-corrected chi connectivity index (χ0v) is 15.8. The first-order valence-corrected chi connectivity index (χ1v) is 9.07. The Morgan fingerprint density at radius 2 is 1.86 bits per heavy atom. The van der Waals surface area contributed by atoms with Crippen molar-refractivity contribution in [2.75, 3.05) is 5.32 Å². The monoisotopic (exact) mass is 399 g/mol. The maximum atomic E-state index is 14.6. The number of piperidine rings is 1. The number of carbonyl (C=O) groups excluding carboxylic acids is 4. The lowest BCUT2D eigenvalue weighted by Gasteiger charge is -2.27. The van der Waals surface area contributed by atoms with Crippen molar-refractivity contribution in [1.29, 1.82) is 0 Å². The normalized spacial score (nSPS) is 18.9. The molecule has 2 aromatic rings. The van der Waals surface area contributed by atoms with Crippen molar-refractivity contribution in [2.45, 2.75) is 39.3 Å². The van der Waals surface area contributed by atoms with Crippen molar-refractivity contribution in [1.82, 2.24) is 20.4 Å². The maximum Gasteiger partial charge on any atom is 0.262 e. The van der Waals surface area contributed by atoms with Crippen LogP contribution in [0.3, 0.4) is 0 Å². The largest absolute Gasteiger partial charge is 0.378 e. The number of aromatic amines is 1. The minimum atomic E-state index is -1.09. The van der Waals surface area contributed by atoms with Crippen molar-refractivity contribution in [2.24, 2.45) is 0 Å². The highest BCUT2D eigenvalue weighted by molar-refractivity contribution is 6.23. The third-order valence-electron chi connectivity index (χ3n) is 5.26. The highest BCUT2D eigenvalue weighted by Crippen LogP contribution is 2.31. The Bertz CT molecular complexity index is 1060. The molecule has 0 spiro atoms. The molecular formula is C19H18FN5O4. The summed E-state index contributed by atoms with van der Waals surface area (Å²) >= 11 is 0. The molecule has 10 heteroatoms. The van der Waals surface area contributed by atoms with Crippen LogP contribution in [0, 0.1) is 19.7 Å². The second-order valence-electron chi connectivity index (χ2n) is 7.09. The van der Waals surface area contributed by atoms with Crippen molar-refractivity contribution in [3.63, 3.8) is 0 Å². The van der Waals surface area contributed by atoms with E-state index in [1.807, 2.05) is 13.8 Å². The van der Waals surface area contributed by atoms with E-state index < -0.39 is 35.5 Å². The van der Waals surface area contributed by atoms with Gasteiger partial charge in [0, 0.05) is 24.2 Å². The van der Waals surface area contributed by atoms with Crippen molar-refractivity contribution in [3.05, 3.63) is 46.0 Å². The minimum Gasteiger partial charge on any atom is -0.378 e. The molecule has 0 saturated carbocycles. The summed E-state index contributed by atoms with van der Waals surface area (Å²) in [7, 11) is 0. The third kappa shape index (κ3) is 3.06. The minimum absolute atomic E-state index is 0.0178. The summed E-state index contributed by atoms with van der Waals surface area (Å²) in [6.45, 7) is 3.94. The van der Waals surface area contributed by atoms with E-state index in [1.165, 1.54) is 6.07 Å². The fraction of sp³-hybridized carbons (Fsp3) is 0.316. The molecule has 1 atom stereocenters. The highest BCUT2D eigenvalue weighted by atomic mass is 19.1. The lowest BCUT2D eigenvalue weighted by Crippen LogP contribution is -2.54. The van der Waals surface area contributed by atoms with E-state index in [0.29, 0.717) is 0 Å². The lowest BCUT2D eigenvalue weighted by atomic mass is 10.0. The number of nitrogens with zero attached hydrogens (tertiary/aromatic N) is 2. The van der Waals surface area contributed by atoms with Crippen LogP contribution >= 0.6 is 0 Å². The number of anilines is 1. The Kier molecular flexibility index (Phi) is 4.40. The predicted octanol–water partition coefficient (Wildman–Crippen LogP) is 1.18. The van der Waals surface area contributed by atoms with Crippen molar-refractivity contribution >= 4 is 29.3 Å². The second kappa shape index (κ2) is 6.80. The predicted molar refractivity (Wildman–Crippen MR) is 98.5 cm³/mol. The van der Waals surface area contributed by atoms with Gasteiger partial charge in [0.15, 0.2) is 0 Å². The topological polar surface area (TPSA) is 124 Å². The van der Waals surface area contributed by atoms with E-state index in [1.54, 1.807) is 0 Å².